The third-order valence-corrected chi connectivity index (χ3v) is 13.7. The largest absolute Gasteiger partial charge is 0.497 e. The van der Waals surface area contributed by atoms with E-state index in [2.05, 4.69) is 73.7 Å². The Morgan fingerprint density at radius 1 is 1.00 bits per heavy atom. The number of hydrogen-bond donors (Lipinski definition) is 0. The number of aryl methyl sites for hydroxylation is 3. The Labute approximate surface area is 372 Å². The standard InChI is InChI=1S/C46H47BrClN5O5S2/c1-5-57-46(54)45-29(2)42-39(16-15-37(48)43(42)44-38(50-53-18-20-56-25-40(44)53)28-59-27-32-22-33(24-47)51(3)49-32)52(45)17-8-19-58-41-23-35(21-31-9-6-7-10-36(31)41)60-26-30-11-13-34(55-4)14-12-30/h6-7,9-16,21-23H,5,8,17-20,24-28H2,1-4H3. The van der Waals surface area contributed by atoms with Gasteiger partial charge in [-0.05, 0) is 79.2 Å². The molecular weight excluding hydrogens is 882 g/mol. The molecule has 0 N–H and O–H groups in total. The molecule has 1 aliphatic rings. The molecule has 7 aromatic rings. The maximum absolute atomic E-state index is 13.8. The van der Waals surface area contributed by atoms with E-state index in [0.717, 1.165) is 94.4 Å². The van der Waals surface area contributed by atoms with E-state index in [4.69, 9.17) is 40.7 Å². The highest BCUT2D eigenvalue weighted by Crippen LogP contribution is 2.44. The fraction of sp³-hybridized carbons (Fsp3) is 0.326. The maximum atomic E-state index is 13.8. The molecule has 4 heterocycles. The van der Waals surface area contributed by atoms with Gasteiger partial charge >= 0.3 is 5.97 Å². The summed E-state index contributed by atoms with van der Waals surface area (Å²) >= 11 is 14.3. The normalized spacial score (nSPS) is 12.6. The fourth-order valence-corrected chi connectivity index (χ4v) is 10.5. The van der Waals surface area contributed by atoms with Gasteiger partial charge in [-0.1, -0.05) is 63.9 Å². The number of halogens is 2. The number of carbonyl (C=O) groups excluding carboxylic acids is 1. The molecule has 0 saturated carbocycles. The van der Waals surface area contributed by atoms with Crippen molar-refractivity contribution < 1.29 is 23.7 Å². The Balaban J connectivity index is 1.08. The van der Waals surface area contributed by atoms with Crippen molar-refractivity contribution in [1.29, 1.82) is 0 Å². The molecule has 3 aromatic heterocycles. The molecule has 0 amide bonds. The predicted molar refractivity (Wildman–Crippen MR) is 246 cm³/mol. The van der Waals surface area contributed by atoms with Crippen LogP contribution in [0.3, 0.4) is 0 Å². The average molecular weight is 929 g/mol. The molecule has 0 unspecified atom stereocenters. The van der Waals surface area contributed by atoms with Crippen molar-refractivity contribution in [1.82, 2.24) is 24.1 Å². The molecule has 0 saturated heterocycles. The van der Waals surface area contributed by atoms with Crippen molar-refractivity contribution in [2.45, 2.75) is 67.4 Å². The monoisotopic (exact) mass is 927 g/mol. The van der Waals surface area contributed by atoms with Crippen LogP contribution in [0, 0.1) is 6.92 Å². The number of ether oxygens (including phenoxy) is 4. The minimum Gasteiger partial charge on any atom is -0.497 e. The van der Waals surface area contributed by atoms with Crippen LogP contribution in [0.2, 0.25) is 5.02 Å². The molecule has 0 bridgehead atoms. The molecule has 10 nitrogen and oxygen atoms in total. The number of rotatable bonds is 17. The summed E-state index contributed by atoms with van der Waals surface area (Å²) in [5.41, 5.74) is 9.36. The van der Waals surface area contributed by atoms with Crippen LogP contribution >= 0.6 is 51.1 Å². The van der Waals surface area contributed by atoms with Crippen molar-refractivity contribution in [3.05, 3.63) is 123 Å². The van der Waals surface area contributed by atoms with Gasteiger partial charge in [0.05, 0.1) is 57.2 Å². The van der Waals surface area contributed by atoms with E-state index in [-0.39, 0.29) is 12.6 Å². The number of benzene rings is 4. The van der Waals surface area contributed by atoms with E-state index >= 15 is 0 Å². The summed E-state index contributed by atoms with van der Waals surface area (Å²) in [5, 5.41) is 14.3. The average Bonchev–Trinajstić information content (AvgIpc) is 3.91. The predicted octanol–water partition coefficient (Wildman–Crippen LogP) is 11.2. The smallest absolute Gasteiger partial charge is 0.355 e. The second-order valence-corrected chi connectivity index (χ2v) is 17.6. The molecule has 1 aliphatic heterocycles. The van der Waals surface area contributed by atoms with Gasteiger partial charge < -0.3 is 23.5 Å². The summed E-state index contributed by atoms with van der Waals surface area (Å²) in [5.74, 6) is 3.53. The number of fused-ring (bicyclic) bond motifs is 3. The van der Waals surface area contributed by atoms with Crippen molar-refractivity contribution >= 4 is 78.7 Å². The Kier molecular flexibility index (Phi) is 13.5. The van der Waals surface area contributed by atoms with Crippen LogP contribution in [-0.2, 0) is 58.8 Å². The molecule has 0 atom stereocenters. The number of alkyl halides is 1. The zero-order chi connectivity index (χ0) is 41.8. The van der Waals surface area contributed by atoms with E-state index in [0.29, 0.717) is 55.8 Å². The number of thioether (sulfide) groups is 2. The van der Waals surface area contributed by atoms with Crippen molar-refractivity contribution in [2.24, 2.45) is 7.05 Å². The van der Waals surface area contributed by atoms with Crippen molar-refractivity contribution in [3.8, 4) is 22.6 Å². The number of nitrogens with zero attached hydrogens (tertiary/aromatic N) is 5. The Morgan fingerprint density at radius 3 is 2.62 bits per heavy atom. The number of hydrogen-bond acceptors (Lipinski definition) is 9. The minimum atomic E-state index is -0.365. The first-order valence-corrected chi connectivity index (χ1v) is 23.6. The Hall–Kier alpha value is -4.40. The Bertz CT molecular complexity index is 2660. The minimum absolute atomic E-state index is 0.263. The fourth-order valence-electron chi connectivity index (χ4n) is 7.91. The topological polar surface area (TPSA) is 94.6 Å². The molecule has 60 heavy (non-hydrogen) atoms. The van der Waals surface area contributed by atoms with Gasteiger partial charge in [0, 0.05) is 79.2 Å². The third-order valence-electron chi connectivity index (χ3n) is 10.8. The van der Waals surface area contributed by atoms with Gasteiger partial charge in [-0.2, -0.15) is 10.2 Å². The molecule has 0 fully saturated rings. The van der Waals surface area contributed by atoms with E-state index in [9.17, 15) is 4.79 Å². The van der Waals surface area contributed by atoms with Gasteiger partial charge in [-0.25, -0.2) is 4.79 Å². The number of methoxy groups -OCH3 is 1. The van der Waals surface area contributed by atoms with Crippen LogP contribution in [0.4, 0.5) is 0 Å². The first-order chi connectivity index (χ1) is 29.3. The van der Waals surface area contributed by atoms with Crippen LogP contribution < -0.4 is 9.47 Å². The van der Waals surface area contributed by atoms with E-state index in [1.165, 1.54) is 5.56 Å². The summed E-state index contributed by atoms with van der Waals surface area (Å²) in [6.07, 6.45) is 0.647. The lowest BCUT2D eigenvalue weighted by atomic mass is 9.96. The molecule has 8 rings (SSSR count). The first kappa shape index (κ1) is 42.3. The first-order valence-electron chi connectivity index (χ1n) is 20.0. The SMILES string of the molecule is CCOC(=O)c1c(C)c2c(-c3c(CSCc4cc(CBr)n(C)n4)nn4c3COCC4)c(Cl)ccc2n1CCCOc1cc(SCc2ccc(OC)cc2)cc2ccccc12. The molecule has 14 heteroatoms. The van der Waals surface area contributed by atoms with Gasteiger partial charge in [0.2, 0.25) is 0 Å². The summed E-state index contributed by atoms with van der Waals surface area (Å²) in [6, 6.07) is 26.9. The highest BCUT2D eigenvalue weighted by Gasteiger charge is 2.30. The highest BCUT2D eigenvalue weighted by atomic mass is 79.9. The van der Waals surface area contributed by atoms with Crippen molar-refractivity contribution in [2.75, 3.05) is 26.9 Å². The highest BCUT2D eigenvalue weighted by molar-refractivity contribution is 9.08. The molecule has 312 valence electrons. The summed E-state index contributed by atoms with van der Waals surface area (Å²) in [7, 11) is 3.65. The van der Waals surface area contributed by atoms with Gasteiger partial charge in [0.1, 0.15) is 17.2 Å². The van der Waals surface area contributed by atoms with Gasteiger partial charge in [-0.15, -0.1) is 23.5 Å². The molecule has 0 aliphatic carbocycles. The maximum Gasteiger partial charge on any atom is 0.355 e. The molecule has 0 spiro atoms. The molecule has 0 radical (unpaired) electrons. The number of carbonyl (C=O) groups is 1. The van der Waals surface area contributed by atoms with Gasteiger partial charge in [0.15, 0.2) is 0 Å². The van der Waals surface area contributed by atoms with Crippen LogP contribution in [0.25, 0.3) is 32.8 Å². The number of esters is 1. The van der Waals surface area contributed by atoms with Crippen LogP contribution in [0.1, 0.15) is 57.7 Å². The van der Waals surface area contributed by atoms with E-state index < -0.39 is 0 Å². The Morgan fingerprint density at radius 2 is 1.83 bits per heavy atom. The quantitative estimate of drug-likeness (QED) is 0.0383. The van der Waals surface area contributed by atoms with Crippen LogP contribution in [0.5, 0.6) is 11.5 Å². The third kappa shape index (κ3) is 8.83. The molecular formula is C46H47BrClN5O5S2. The lowest BCUT2D eigenvalue weighted by molar-refractivity contribution is 0.0513. The van der Waals surface area contributed by atoms with Gasteiger partial charge in [-0.3, -0.25) is 9.36 Å². The second-order valence-electron chi connectivity index (χ2n) is 14.6. The zero-order valence-electron chi connectivity index (χ0n) is 34.1. The van der Waals surface area contributed by atoms with Gasteiger partial charge in [0.25, 0.3) is 0 Å². The molecule has 4 aromatic carbocycles. The summed E-state index contributed by atoms with van der Waals surface area (Å²) < 4.78 is 29.7. The summed E-state index contributed by atoms with van der Waals surface area (Å²) in [6.45, 7) is 6.73. The van der Waals surface area contributed by atoms with Crippen molar-refractivity contribution in [3.63, 3.8) is 0 Å². The number of aromatic nitrogens is 5. The lowest BCUT2D eigenvalue weighted by Gasteiger charge is -2.17. The van der Waals surface area contributed by atoms with Crippen LogP contribution in [-0.4, -0.2) is 57.0 Å². The van der Waals surface area contributed by atoms with Crippen LogP contribution in [0.15, 0.2) is 83.8 Å². The zero-order valence-corrected chi connectivity index (χ0v) is 38.1. The summed E-state index contributed by atoms with van der Waals surface area (Å²) in [4.78, 5) is 15.0. The second kappa shape index (κ2) is 19.1. The van der Waals surface area contributed by atoms with E-state index in [1.807, 2.05) is 55.9 Å². The van der Waals surface area contributed by atoms with E-state index in [1.54, 1.807) is 30.6 Å². The lowest BCUT2D eigenvalue weighted by Crippen LogP contribution is -2.17.